The smallest absolute Gasteiger partial charge is 0.196 e. The van der Waals surface area contributed by atoms with Crippen LogP contribution in [0.3, 0.4) is 0 Å². The fourth-order valence-electron chi connectivity index (χ4n) is 2.77. The van der Waals surface area contributed by atoms with Crippen molar-refractivity contribution >= 4 is 11.8 Å². The van der Waals surface area contributed by atoms with Crippen LogP contribution in [0.2, 0.25) is 0 Å². The molecule has 0 aliphatic carbocycles. The van der Waals surface area contributed by atoms with Gasteiger partial charge in [-0.25, -0.2) is 0 Å². The van der Waals surface area contributed by atoms with Crippen LogP contribution in [0, 0.1) is 6.92 Å². The van der Waals surface area contributed by atoms with Gasteiger partial charge in [-0.15, -0.1) is 10.2 Å². The third-order valence-electron chi connectivity index (χ3n) is 4.18. The van der Waals surface area contributed by atoms with Crippen LogP contribution in [0.5, 0.6) is 0 Å². The highest BCUT2D eigenvalue weighted by Gasteiger charge is 2.16. The van der Waals surface area contributed by atoms with Gasteiger partial charge in [0.1, 0.15) is 0 Å². The minimum absolute atomic E-state index is 0.821. The molecule has 0 fully saturated rings. The summed E-state index contributed by atoms with van der Waals surface area (Å²) in [6, 6.07) is 18.3. The minimum atomic E-state index is 0.821. The van der Waals surface area contributed by atoms with E-state index in [-0.39, 0.29) is 0 Å². The number of nitrogens with zero attached hydrogens (tertiary/aromatic N) is 5. The van der Waals surface area contributed by atoms with Gasteiger partial charge in [0, 0.05) is 41.3 Å². The van der Waals surface area contributed by atoms with Gasteiger partial charge in [0.15, 0.2) is 11.0 Å². The Hall–Kier alpha value is -2.99. The van der Waals surface area contributed by atoms with Gasteiger partial charge in [-0.1, -0.05) is 35.5 Å². The van der Waals surface area contributed by atoms with Gasteiger partial charge in [-0.05, 0) is 49.7 Å². The van der Waals surface area contributed by atoms with Crippen molar-refractivity contribution in [3.8, 4) is 17.1 Å². The van der Waals surface area contributed by atoms with Gasteiger partial charge < -0.3 is 0 Å². The second-order valence-electron chi connectivity index (χ2n) is 6.13. The number of rotatable bonds is 6. The van der Waals surface area contributed by atoms with Crippen molar-refractivity contribution in [2.24, 2.45) is 0 Å². The average Bonchev–Trinajstić information content (AvgIpc) is 3.14. The first-order valence-electron chi connectivity index (χ1n) is 8.77. The van der Waals surface area contributed by atoms with Crippen molar-refractivity contribution in [2.75, 3.05) is 5.75 Å². The molecule has 27 heavy (non-hydrogen) atoms. The molecule has 3 aromatic heterocycles. The van der Waals surface area contributed by atoms with Crippen molar-refractivity contribution in [1.29, 1.82) is 0 Å². The Morgan fingerprint density at radius 1 is 0.889 bits per heavy atom. The highest BCUT2D eigenvalue weighted by molar-refractivity contribution is 7.99. The Morgan fingerprint density at radius 3 is 2.44 bits per heavy atom. The van der Waals surface area contributed by atoms with Crippen LogP contribution in [0.25, 0.3) is 17.1 Å². The molecule has 1 aromatic carbocycles. The first kappa shape index (κ1) is 17.4. The normalized spacial score (nSPS) is 10.9. The van der Waals surface area contributed by atoms with Gasteiger partial charge in [0.05, 0.1) is 0 Å². The first-order valence-corrected chi connectivity index (χ1v) is 9.75. The molecule has 0 N–H and O–H groups in total. The maximum Gasteiger partial charge on any atom is 0.196 e. The summed E-state index contributed by atoms with van der Waals surface area (Å²) in [5.74, 6) is 1.71. The maximum atomic E-state index is 4.46. The van der Waals surface area contributed by atoms with Crippen LogP contribution in [0.15, 0.2) is 78.3 Å². The SMILES string of the molecule is Cc1ccc(-n2c(SCCc3ccccn3)nnc2-c2ccncc2)cc1. The second kappa shape index (κ2) is 8.14. The van der Waals surface area contributed by atoms with E-state index in [2.05, 4.69) is 55.9 Å². The van der Waals surface area contributed by atoms with E-state index >= 15 is 0 Å². The quantitative estimate of drug-likeness (QED) is 0.470. The summed E-state index contributed by atoms with van der Waals surface area (Å²) >= 11 is 1.69. The second-order valence-corrected chi connectivity index (χ2v) is 7.19. The van der Waals surface area contributed by atoms with Crippen LogP contribution >= 0.6 is 11.8 Å². The monoisotopic (exact) mass is 373 g/mol. The molecule has 134 valence electrons. The molecule has 0 spiro atoms. The lowest BCUT2D eigenvalue weighted by atomic mass is 10.2. The molecule has 0 aliphatic rings. The molecule has 4 rings (SSSR count). The lowest BCUT2D eigenvalue weighted by Crippen LogP contribution is -2.01. The fourth-order valence-corrected chi connectivity index (χ4v) is 3.68. The molecular weight excluding hydrogens is 354 g/mol. The predicted octanol–water partition coefficient (Wildman–Crippen LogP) is 4.37. The van der Waals surface area contributed by atoms with E-state index in [9.17, 15) is 0 Å². The van der Waals surface area contributed by atoms with Gasteiger partial charge >= 0.3 is 0 Å². The molecule has 0 bridgehead atoms. The molecule has 0 atom stereocenters. The van der Waals surface area contributed by atoms with Crippen LogP contribution in [-0.4, -0.2) is 30.5 Å². The lowest BCUT2D eigenvalue weighted by Gasteiger charge is -2.10. The highest BCUT2D eigenvalue weighted by atomic mass is 32.2. The zero-order valence-electron chi connectivity index (χ0n) is 15.0. The van der Waals surface area contributed by atoms with Crippen molar-refractivity contribution < 1.29 is 0 Å². The van der Waals surface area contributed by atoms with Gasteiger partial charge in [0.25, 0.3) is 0 Å². The summed E-state index contributed by atoms with van der Waals surface area (Å²) < 4.78 is 2.11. The number of hydrogen-bond donors (Lipinski definition) is 0. The number of benzene rings is 1. The van der Waals surface area contributed by atoms with E-state index in [1.165, 1.54) is 5.56 Å². The molecule has 0 aliphatic heterocycles. The minimum Gasteiger partial charge on any atom is -0.270 e. The standard InChI is InChI=1S/C21H19N5S/c1-16-5-7-19(8-6-16)26-20(17-9-13-22-14-10-17)24-25-21(26)27-15-11-18-4-2-3-12-23-18/h2-10,12-14H,11,15H2,1H3. The number of thioether (sulfide) groups is 1. The van der Waals surface area contributed by atoms with Crippen molar-refractivity contribution in [3.63, 3.8) is 0 Å². The van der Waals surface area contributed by atoms with E-state index in [4.69, 9.17) is 0 Å². The van der Waals surface area contributed by atoms with Crippen LogP contribution in [-0.2, 0) is 6.42 Å². The van der Waals surface area contributed by atoms with Crippen LogP contribution in [0.4, 0.5) is 0 Å². The molecule has 3 heterocycles. The summed E-state index contributed by atoms with van der Waals surface area (Å²) in [6.45, 7) is 2.09. The Bertz CT molecular complexity index is 998. The third kappa shape index (κ3) is 4.06. The molecule has 0 unspecified atom stereocenters. The predicted molar refractivity (Wildman–Crippen MR) is 108 cm³/mol. The Labute approximate surface area is 162 Å². The van der Waals surface area contributed by atoms with E-state index in [0.29, 0.717) is 0 Å². The van der Waals surface area contributed by atoms with Crippen molar-refractivity contribution in [3.05, 3.63) is 84.4 Å². The van der Waals surface area contributed by atoms with Gasteiger partial charge in [0.2, 0.25) is 0 Å². The highest BCUT2D eigenvalue weighted by Crippen LogP contribution is 2.28. The molecular formula is C21H19N5S. The molecule has 0 saturated heterocycles. The largest absolute Gasteiger partial charge is 0.270 e. The molecule has 0 radical (unpaired) electrons. The third-order valence-corrected chi connectivity index (χ3v) is 5.11. The Morgan fingerprint density at radius 2 is 1.70 bits per heavy atom. The summed E-state index contributed by atoms with van der Waals surface area (Å²) in [4.78, 5) is 8.50. The number of pyridine rings is 2. The lowest BCUT2D eigenvalue weighted by molar-refractivity contribution is 0.883. The summed E-state index contributed by atoms with van der Waals surface area (Å²) in [6.07, 6.45) is 6.27. The Balaban J connectivity index is 1.64. The van der Waals surface area contributed by atoms with Crippen molar-refractivity contribution in [1.82, 2.24) is 24.7 Å². The van der Waals surface area contributed by atoms with Gasteiger partial charge in [-0.3, -0.25) is 14.5 Å². The fraction of sp³-hybridized carbons (Fsp3) is 0.143. The molecule has 6 heteroatoms. The van der Waals surface area contributed by atoms with E-state index in [0.717, 1.165) is 40.1 Å². The van der Waals surface area contributed by atoms with E-state index in [1.807, 2.05) is 36.5 Å². The first-order chi connectivity index (χ1) is 13.3. The molecule has 0 amide bonds. The topological polar surface area (TPSA) is 56.5 Å². The number of aromatic nitrogens is 5. The van der Waals surface area contributed by atoms with E-state index < -0.39 is 0 Å². The van der Waals surface area contributed by atoms with Crippen LogP contribution < -0.4 is 0 Å². The van der Waals surface area contributed by atoms with Gasteiger partial charge in [-0.2, -0.15) is 0 Å². The molecule has 4 aromatic rings. The van der Waals surface area contributed by atoms with Crippen molar-refractivity contribution in [2.45, 2.75) is 18.5 Å². The summed E-state index contributed by atoms with van der Waals surface area (Å²) in [5.41, 5.74) is 4.36. The molecule has 5 nitrogen and oxygen atoms in total. The summed E-state index contributed by atoms with van der Waals surface area (Å²) in [5, 5.41) is 9.79. The van der Waals surface area contributed by atoms with E-state index in [1.54, 1.807) is 24.2 Å². The van der Waals surface area contributed by atoms with Crippen LogP contribution in [0.1, 0.15) is 11.3 Å². The maximum absolute atomic E-state index is 4.46. The number of aryl methyl sites for hydroxylation is 2. The zero-order chi connectivity index (χ0) is 18.5. The average molecular weight is 373 g/mol. The zero-order valence-corrected chi connectivity index (χ0v) is 15.8. The number of hydrogen-bond acceptors (Lipinski definition) is 5. The Kier molecular flexibility index (Phi) is 5.25. The summed E-state index contributed by atoms with van der Waals surface area (Å²) in [7, 11) is 0. The molecule has 0 saturated carbocycles.